The number of rotatable bonds is 5. The molecule has 0 aliphatic carbocycles. The van der Waals surface area contributed by atoms with Crippen molar-refractivity contribution >= 4 is 23.2 Å². The highest BCUT2D eigenvalue weighted by atomic mass is 32.1. The first kappa shape index (κ1) is 18.6. The number of nitrogens with one attached hydrogen (secondary N) is 1. The monoisotopic (exact) mass is 370 g/mol. The van der Waals surface area contributed by atoms with Crippen LogP contribution in [0.3, 0.4) is 0 Å². The summed E-state index contributed by atoms with van der Waals surface area (Å²) < 4.78 is 0. The van der Waals surface area contributed by atoms with Gasteiger partial charge >= 0.3 is 0 Å². The lowest BCUT2D eigenvalue weighted by Gasteiger charge is -2.32. The largest absolute Gasteiger partial charge is 0.355 e. The van der Waals surface area contributed by atoms with Crippen molar-refractivity contribution < 1.29 is 9.59 Å². The van der Waals surface area contributed by atoms with Crippen LogP contribution in [0.1, 0.15) is 39.2 Å². The van der Waals surface area contributed by atoms with Crippen LogP contribution in [0.25, 0.3) is 0 Å². The number of carbonyl (C=O) groups excluding carboxylic acids is 2. The first-order valence-electron chi connectivity index (χ1n) is 9.20. The van der Waals surface area contributed by atoms with Crippen LogP contribution in [0.15, 0.2) is 35.7 Å². The molecule has 1 saturated heterocycles. The number of benzene rings is 1. The topological polar surface area (TPSA) is 49.4 Å². The maximum atomic E-state index is 12.8. The Balaban J connectivity index is 1.56. The van der Waals surface area contributed by atoms with Gasteiger partial charge in [-0.05, 0) is 56.7 Å². The van der Waals surface area contributed by atoms with Crippen molar-refractivity contribution in [3.8, 4) is 0 Å². The number of amides is 2. The minimum Gasteiger partial charge on any atom is -0.355 e. The molecular weight excluding hydrogens is 344 g/mol. The van der Waals surface area contributed by atoms with E-state index in [1.165, 1.54) is 4.88 Å². The van der Waals surface area contributed by atoms with E-state index in [0.717, 1.165) is 42.5 Å². The van der Waals surface area contributed by atoms with Gasteiger partial charge in [0.25, 0.3) is 5.91 Å². The van der Waals surface area contributed by atoms with Crippen molar-refractivity contribution in [1.82, 2.24) is 10.2 Å². The normalized spacial score (nSPS) is 17.2. The summed E-state index contributed by atoms with van der Waals surface area (Å²) in [6, 6.07) is 10.0. The molecule has 26 heavy (non-hydrogen) atoms. The second-order valence-corrected chi connectivity index (χ2v) is 8.12. The number of piperidine rings is 1. The molecule has 2 aromatic rings. The summed E-state index contributed by atoms with van der Waals surface area (Å²) in [6.45, 7) is 5.90. The Bertz CT molecular complexity index is 750. The summed E-state index contributed by atoms with van der Waals surface area (Å²) in [5.74, 6) is -0.00527. The molecule has 1 aliphatic heterocycles. The fraction of sp³-hybridized carbons (Fsp3) is 0.429. The second-order valence-electron chi connectivity index (χ2n) is 7.09. The third-order valence-electron chi connectivity index (χ3n) is 4.80. The first-order chi connectivity index (χ1) is 12.5. The third-order valence-corrected chi connectivity index (χ3v) is 5.73. The molecule has 5 heteroatoms. The SMILES string of the molecule is Cc1cc(C)cc(C(=O)N2CCC[C@H](C(=O)NCCc3cccs3)C2)c1. The van der Waals surface area contributed by atoms with Crippen molar-refractivity contribution in [3.05, 3.63) is 57.3 Å². The number of carbonyl (C=O) groups is 2. The number of aryl methyl sites for hydroxylation is 2. The lowest BCUT2D eigenvalue weighted by atomic mass is 9.96. The molecule has 138 valence electrons. The van der Waals surface area contributed by atoms with Crippen LogP contribution < -0.4 is 5.32 Å². The van der Waals surface area contributed by atoms with E-state index in [2.05, 4.69) is 22.8 Å². The molecule has 0 spiro atoms. The summed E-state index contributed by atoms with van der Waals surface area (Å²) in [7, 11) is 0. The zero-order valence-electron chi connectivity index (χ0n) is 15.5. The summed E-state index contributed by atoms with van der Waals surface area (Å²) in [4.78, 5) is 28.4. The van der Waals surface area contributed by atoms with Crippen molar-refractivity contribution in [2.45, 2.75) is 33.1 Å². The lowest BCUT2D eigenvalue weighted by Crippen LogP contribution is -2.45. The Labute approximate surface area is 159 Å². The molecule has 1 aromatic heterocycles. The fourth-order valence-electron chi connectivity index (χ4n) is 3.56. The van der Waals surface area contributed by atoms with E-state index < -0.39 is 0 Å². The van der Waals surface area contributed by atoms with Crippen LogP contribution in [0.5, 0.6) is 0 Å². The molecule has 4 nitrogen and oxygen atoms in total. The molecule has 3 rings (SSSR count). The maximum Gasteiger partial charge on any atom is 0.253 e. The van der Waals surface area contributed by atoms with E-state index in [4.69, 9.17) is 0 Å². The smallest absolute Gasteiger partial charge is 0.253 e. The van der Waals surface area contributed by atoms with Gasteiger partial charge in [0.05, 0.1) is 5.92 Å². The Morgan fingerprint density at radius 3 is 2.69 bits per heavy atom. The number of nitrogens with zero attached hydrogens (tertiary/aromatic N) is 1. The zero-order chi connectivity index (χ0) is 18.5. The highest BCUT2D eigenvalue weighted by Gasteiger charge is 2.28. The minimum atomic E-state index is -0.109. The van der Waals surface area contributed by atoms with E-state index in [1.807, 2.05) is 36.9 Å². The average molecular weight is 371 g/mol. The molecule has 1 atom stereocenters. The van der Waals surface area contributed by atoms with Crippen molar-refractivity contribution in [2.24, 2.45) is 5.92 Å². The number of hydrogen-bond acceptors (Lipinski definition) is 3. The quantitative estimate of drug-likeness (QED) is 0.875. The Morgan fingerprint density at radius 2 is 2.00 bits per heavy atom. The average Bonchev–Trinajstić information content (AvgIpc) is 3.13. The van der Waals surface area contributed by atoms with Gasteiger partial charge in [-0.25, -0.2) is 0 Å². The summed E-state index contributed by atoms with van der Waals surface area (Å²) in [5, 5.41) is 5.09. The highest BCUT2D eigenvalue weighted by Crippen LogP contribution is 2.20. The zero-order valence-corrected chi connectivity index (χ0v) is 16.3. The van der Waals surface area contributed by atoms with Crippen molar-refractivity contribution in [3.63, 3.8) is 0 Å². The Hall–Kier alpha value is -2.14. The van der Waals surface area contributed by atoms with Crippen LogP contribution in [-0.2, 0) is 11.2 Å². The van der Waals surface area contributed by atoms with Gasteiger partial charge in [0.1, 0.15) is 0 Å². The van der Waals surface area contributed by atoms with E-state index in [1.54, 1.807) is 11.3 Å². The molecule has 2 amide bonds. The summed E-state index contributed by atoms with van der Waals surface area (Å²) in [5.41, 5.74) is 2.91. The van der Waals surface area contributed by atoms with Gasteiger partial charge in [-0.15, -0.1) is 11.3 Å². The van der Waals surface area contributed by atoms with Gasteiger partial charge < -0.3 is 10.2 Å². The van der Waals surface area contributed by atoms with Crippen molar-refractivity contribution in [1.29, 1.82) is 0 Å². The molecule has 1 aliphatic rings. The van der Waals surface area contributed by atoms with Crippen molar-refractivity contribution in [2.75, 3.05) is 19.6 Å². The fourth-order valence-corrected chi connectivity index (χ4v) is 4.27. The van der Waals surface area contributed by atoms with Gasteiger partial charge in [0.15, 0.2) is 0 Å². The standard InChI is InChI=1S/C21H26N2O2S/c1-15-11-16(2)13-18(12-15)21(25)23-9-3-5-17(14-23)20(24)22-8-7-19-6-4-10-26-19/h4,6,10-13,17H,3,5,7-9,14H2,1-2H3,(H,22,24)/t17-/m0/s1. The van der Waals surface area contributed by atoms with E-state index in [-0.39, 0.29) is 17.7 Å². The Morgan fingerprint density at radius 1 is 1.23 bits per heavy atom. The van der Waals surface area contributed by atoms with Gasteiger partial charge in [-0.1, -0.05) is 23.3 Å². The molecular formula is C21H26N2O2S. The molecule has 0 bridgehead atoms. The van der Waals surface area contributed by atoms with Crippen LogP contribution in [0.4, 0.5) is 0 Å². The van der Waals surface area contributed by atoms with Gasteiger partial charge in [0.2, 0.25) is 5.91 Å². The summed E-state index contributed by atoms with van der Waals surface area (Å²) >= 11 is 1.71. The maximum absolute atomic E-state index is 12.8. The van der Waals surface area contributed by atoms with Crippen LogP contribution in [-0.4, -0.2) is 36.3 Å². The van der Waals surface area contributed by atoms with E-state index in [0.29, 0.717) is 13.1 Å². The first-order valence-corrected chi connectivity index (χ1v) is 10.1. The van der Waals surface area contributed by atoms with Gasteiger partial charge in [-0.3, -0.25) is 9.59 Å². The highest BCUT2D eigenvalue weighted by molar-refractivity contribution is 7.09. The summed E-state index contributed by atoms with van der Waals surface area (Å²) in [6.07, 6.45) is 2.59. The van der Waals surface area contributed by atoms with E-state index in [9.17, 15) is 9.59 Å². The van der Waals surface area contributed by atoms with Crippen LogP contribution in [0.2, 0.25) is 0 Å². The molecule has 2 heterocycles. The van der Waals surface area contributed by atoms with E-state index >= 15 is 0 Å². The van der Waals surface area contributed by atoms with Gasteiger partial charge in [-0.2, -0.15) is 0 Å². The van der Waals surface area contributed by atoms with Gasteiger partial charge in [0, 0.05) is 30.1 Å². The lowest BCUT2D eigenvalue weighted by molar-refractivity contribution is -0.126. The number of thiophene rings is 1. The minimum absolute atomic E-state index is 0.0351. The molecule has 1 aromatic carbocycles. The van der Waals surface area contributed by atoms with Crippen LogP contribution in [0, 0.1) is 19.8 Å². The number of likely N-dealkylation sites (tertiary alicyclic amines) is 1. The molecule has 0 unspecified atom stereocenters. The Kier molecular flexibility index (Phi) is 6.09. The molecule has 1 fully saturated rings. The second kappa shape index (κ2) is 8.49. The third kappa shape index (κ3) is 4.73. The molecule has 1 N–H and O–H groups in total. The molecule has 0 saturated carbocycles. The predicted molar refractivity (Wildman–Crippen MR) is 106 cm³/mol. The molecule has 0 radical (unpaired) electrons. The number of hydrogen-bond donors (Lipinski definition) is 1. The van der Waals surface area contributed by atoms with Crippen LogP contribution >= 0.6 is 11.3 Å². The predicted octanol–water partition coefficient (Wildman–Crippen LogP) is 3.58.